The van der Waals surface area contributed by atoms with E-state index in [1.54, 1.807) is 18.3 Å². The summed E-state index contributed by atoms with van der Waals surface area (Å²) < 4.78 is 12.4. The molecule has 4 atom stereocenters. The third kappa shape index (κ3) is 1.39. The van der Waals surface area contributed by atoms with E-state index in [-0.39, 0.29) is 18.8 Å². The molecule has 2 N–H and O–H groups in total. The molecule has 0 aliphatic carbocycles. The van der Waals surface area contributed by atoms with Gasteiger partial charge in [-0.05, 0) is 6.07 Å². The topological polar surface area (TPSA) is 80.9 Å². The van der Waals surface area contributed by atoms with Gasteiger partial charge in [0, 0.05) is 12.3 Å². The molecule has 2 saturated heterocycles. The second-order valence-corrected chi connectivity index (χ2v) is 4.40. The molecule has 0 radical (unpaired) electrons. The molecule has 2 aliphatic rings. The van der Waals surface area contributed by atoms with E-state index < -0.39 is 24.0 Å². The van der Waals surface area contributed by atoms with Crippen molar-refractivity contribution in [2.75, 3.05) is 13.2 Å². The van der Waals surface area contributed by atoms with Crippen LogP contribution in [0.1, 0.15) is 6.23 Å². The summed E-state index contributed by atoms with van der Waals surface area (Å²) in [7, 11) is 0. The summed E-state index contributed by atoms with van der Waals surface area (Å²) in [5.74, 6) is 0. The Balaban J connectivity index is 1.99. The zero-order valence-electron chi connectivity index (χ0n) is 9.02. The van der Waals surface area contributed by atoms with E-state index in [1.807, 2.05) is 0 Å². The van der Waals surface area contributed by atoms with Crippen molar-refractivity contribution in [1.82, 2.24) is 4.57 Å². The van der Waals surface area contributed by atoms with Crippen LogP contribution >= 0.6 is 0 Å². The smallest absolute Gasteiger partial charge is 0.252 e. The average molecular weight is 239 g/mol. The Morgan fingerprint density at radius 3 is 3.00 bits per heavy atom. The minimum absolute atomic E-state index is 0.146. The quantitative estimate of drug-likeness (QED) is 0.682. The van der Waals surface area contributed by atoms with Crippen molar-refractivity contribution in [2.45, 2.75) is 24.0 Å². The Kier molecular flexibility index (Phi) is 2.34. The van der Waals surface area contributed by atoms with Crippen molar-refractivity contribution in [3.8, 4) is 0 Å². The molecule has 3 rings (SSSR count). The molecule has 6 nitrogen and oxygen atoms in total. The highest BCUT2D eigenvalue weighted by molar-refractivity contribution is 5.08. The summed E-state index contributed by atoms with van der Waals surface area (Å²) in [6.45, 7) is -0.184. The Labute approximate surface area is 97.0 Å². The number of aliphatic hydroxyl groups excluding tert-OH is 2. The standard InChI is InChI=1S/C11H13NO5/c13-5-11-6-16-8(9(11)15)10(17-11)12-4-2-1-3-7(12)14/h1-4,8-10,13,15H,5-6H2/t8-,9?,10+,11-/m0/s1. The molecule has 2 fully saturated rings. The van der Waals surface area contributed by atoms with Crippen LogP contribution in [0.3, 0.4) is 0 Å². The van der Waals surface area contributed by atoms with Gasteiger partial charge in [0.25, 0.3) is 5.56 Å². The van der Waals surface area contributed by atoms with Crippen LogP contribution in [0, 0.1) is 0 Å². The molecule has 2 aliphatic heterocycles. The Morgan fingerprint density at radius 1 is 1.53 bits per heavy atom. The number of aromatic nitrogens is 1. The lowest BCUT2D eigenvalue weighted by atomic mass is 10.0. The zero-order chi connectivity index (χ0) is 12.0. The van der Waals surface area contributed by atoms with Gasteiger partial charge in [-0.1, -0.05) is 6.07 Å². The second-order valence-electron chi connectivity index (χ2n) is 4.40. The van der Waals surface area contributed by atoms with Crippen LogP contribution in [0.2, 0.25) is 0 Å². The van der Waals surface area contributed by atoms with Gasteiger partial charge in [-0.3, -0.25) is 9.36 Å². The fourth-order valence-electron chi connectivity index (χ4n) is 2.40. The zero-order valence-corrected chi connectivity index (χ0v) is 9.02. The Morgan fingerprint density at radius 2 is 2.35 bits per heavy atom. The van der Waals surface area contributed by atoms with Crippen LogP contribution in [0.15, 0.2) is 29.2 Å². The molecule has 1 unspecified atom stereocenters. The number of ether oxygens (including phenoxy) is 2. The van der Waals surface area contributed by atoms with Crippen molar-refractivity contribution < 1.29 is 19.7 Å². The fraction of sp³-hybridized carbons (Fsp3) is 0.545. The maximum Gasteiger partial charge on any atom is 0.252 e. The normalized spacial score (nSPS) is 39.8. The molecule has 0 amide bonds. The number of fused-ring (bicyclic) bond motifs is 2. The first-order chi connectivity index (χ1) is 8.18. The molecule has 17 heavy (non-hydrogen) atoms. The van der Waals surface area contributed by atoms with Crippen molar-refractivity contribution in [3.05, 3.63) is 34.7 Å². The molecule has 0 spiro atoms. The molecule has 6 heteroatoms. The lowest BCUT2D eigenvalue weighted by Crippen LogP contribution is -2.44. The van der Waals surface area contributed by atoms with Crippen LogP contribution in [0.5, 0.6) is 0 Å². The first-order valence-electron chi connectivity index (χ1n) is 5.43. The lowest BCUT2D eigenvalue weighted by molar-refractivity contribution is -0.187. The molecule has 92 valence electrons. The summed E-state index contributed by atoms with van der Waals surface area (Å²) in [4.78, 5) is 11.7. The van der Waals surface area contributed by atoms with Crippen molar-refractivity contribution in [3.63, 3.8) is 0 Å². The number of rotatable bonds is 2. The maximum absolute atomic E-state index is 11.7. The van der Waals surface area contributed by atoms with Crippen molar-refractivity contribution in [1.29, 1.82) is 0 Å². The summed E-state index contributed by atoms with van der Waals surface area (Å²) >= 11 is 0. The maximum atomic E-state index is 11.7. The van der Waals surface area contributed by atoms with E-state index in [2.05, 4.69) is 0 Å². The van der Waals surface area contributed by atoms with E-state index in [1.165, 1.54) is 10.6 Å². The highest BCUT2D eigenvalue weighted by Crippen LogP contribution is 2.44. The number of hydrogen-bond donors (Lipinski definition) is 2. The highest BCUT2D eigenvalue weighted by atomic mass is 16.7. The molecular formula is C11H13NO5. The minimum atomic E-state index is -1.09. The third-order valence-electron chi connectivity index (χ3n) is 3.40. The van der Waals surface area contributed by atoms with E-state index in [9.17, 15) is 15.0 Å². The van der Waals surface area contributed by atoms with Gasteiger partial charge >= 0.3 is 0 Å². The van der Waals surface area contributed by atoms with E-state index in [0.29, 0.717) is 0 Å². The van der Waals surface area contributed by atoms with Crippen LogP contribution in [0.25, 0.3) is 0 Å². The predicted octanol–water partition coefficient (Wildman–Crippen LogP) is -1.13. The third-order valence-corrected chi connectivity index (χ3v) is 3.40. The van der Waals surface area contributed by atoms with Gasteiger partial charge in [0.2, 0.25) is 0 Å². The SMILES string of the molecule is O=c1ccccn1[C@@H]1O[C@@]2(CO)CO[C@H]1C2O. The molecule has 0 saturated carbocycles. The molecule has 0 aromatic carbocycles. The van der Waals surface area contributed by atoms with E-state index in [4.69, 9.17) is 9.47 Å². The van der Waals surface area contributed by atoms with Crippen molar-refractivity contribution in [2.24, 2.45) is 0 Å². The summed E-state index contributed by atoms with van der Waals surface area (Å²) in [5, 5.41) is 19.3. The van der Waals surface area contributed by atoms with Crippen LogP contribution in [-0.2, 0) is 9.47 Å². The van der Waals surface area contributed by atoms with Crippen LogP contribution in [0.4, 0.5) is 0 Å². The van der Waals surface area contributed by atoms with E-state index in [0.717, 1.165) is 0 Å². The van der Waals surface area contributed by atoms with Gasteiger partial charge in [-0.25, -0.2) is 0 Å². The molecule has 1 aromatic heterocycles. The number of nitrogens with zero attached hydrogens (tertiary/aromatic N) is 1. The monoisotopic (exact) mass is 239 g/mol. The van der Waals surface area contributed by atoms with Gasteiger partial charge in [-0.15, -0.1) is 0 Å². The van der Waals surface area contributed by atoms with Gasteiger partial charge in [0.05, 0.1) is 13.2 Å². The van der Waals surface area contributed by atoms with Crippen LogP contribution < -0.4 is 5.56 Å². The Bertz CT molecular complexity index is 487. The second kappa shape index (κ2) is 3.64. The minimum Gasteiger partial charge on any atom is -0.393 e. The first-order valence-corrected chi connectivity index (χ1v) is 5.43. The van der Waals surface area contributed by atoms with Crippen LogP contribution in [-0.4, -0.2) is 45.8 Å². The highest BCUT2D eigenvalue weighted by Gasteiger charge is 2.61. The number of hydrogen-bond acceptors (Lipinski definition) is 5. The van der Waals surface area contributed by atoms with E-state index >= 15 is 0 Å². The number of pyridine rings is 1. The molecule has 3 heterocycles. The lowest BCUT2D eigenvalue weighted by Gasteiger charge is -2.29. The van der Waals surface area contributed by atoms with Gasteiger partial charge < -0.3 is 19.7 Å². The Hall–Kier alpha value is -1.21. The summed E-state index contributed by atoms with van der Waals surface area (Å²) in [6.07, 6.45) is -0.624. The molecule has 2 bridgehead atoms. The fourth-order valence-corrected chi connectivity index (χ4v) is 2.40. The van der Waals surface area contributed by atoms with Gasteiger partial charge in [0.1, 0.15) is 17.8 Å². The van der Waals surface area contributed by atoms with Crippen molar-refractivity contribution >= 4 is 0 Å². The summed E-state index contributed by atoms with van der Waals surface area (Å²) in [6, 6.07) is 4.74. The predicted molar refractivity (Wildman–Crippen MR) is 56.4 cm³/mol. The summed E-state index contributed by atoms with van der Waals surface area (Å²) in [5.41, 5.74) is -1.32. The van der Waals surface area contributed by atoms with Gasteiger partial charge in [-0.2, -0.15) is 0 Å². The largest absolute Gasteiger partial charge is 0.393 e. The van der Waals surface area contributed by atoms with Gasteiger partial charge in [0.15, 0.2) is 6.23 Å². The molecule has 1 aromatic rings. The number of aliphatic hydroxyl groups is 2. The first kappa shape index (κ1) is 10.9. The molecular weight excluding hydrogens is 226 g/mol. The average Bonchev–Trinajstić information content (AvgIpc) is 2.81.